The first kappa shape index (κ1) is 11.4. The molecule has 88 valence electrons. The molecule has 5 heteroatoms. The number of rotatable bonds is 1. The molecular weight excluding hydrogens is 228 g/mol. The van der Waals surface area contributed by atoms with E-state index in [4.69, 9.17) is 0 Å². The van der Waals surface area contributed by atoms with Gasteiger partial charge in [-0.05, 0) is 26.0 Å². The van der Waals surface area contributed by atoms with Crippen molar-refractivity contribution in [3.8, 4) is 5.75 Å². The Labute approximate surface area is 94.5 Å². The van der Waals surface area contributed by atoms with Crippen molar-refractivity contribution in [1.82, 2.24) is 0 Å². The zero-order chi connectivity index (χ0) is 12.1. The van der Waals surface area contributed by atoms with E-state index in [0.717, 1.165) is 0 Å². The molecule has 1 aliphatic heterocycles. The summed E-state index contributed by atoms with van der Waals surface area (Å²) in [7, 11) is -3.38. The lowest BCUT2D eigenvalue weighted by atomic mass is 9.86. The Bertz CT molecular complexity index is 525. The molecule has 1 aliphatic rings. The summed E-state index contributed by atoms with van der Waals surface area (Å²) in [4.78, 5) is 0.139. The summed E-state index contributed by atoms with van der Waals surface area (Å²) in [6.45, 7) is 3.10. The minimum Gasteiger partial charge on any atom is -0.508 e. The highest BCUT2D eigenvalue weighted by atomic mass is 32.2. The predicted molar refractivity (Wildman–Crippen MR) is 59.2 cm³/mol. The maximum absolute atomic E-state index is 11.8. The van der Waals surface area contributed by atoms with Crippen LogP contribution in [0.5, 0.6) is 5.75 Å². The lowest BCUT2D eigenvalue weighted by Gasteiger charge is -2.25. The van der Waals surface area contributed by atoms with Crippen LogP contribution in [0.4, 0.5) is 0 Å². The summed E-state index contributed by atoms with van der Waals surface area (Å²) in [5.41, 5.74) is -0.827. The number of fused-ring (bicyclic) bond motifs is 1. The van der Waals surface area contributed by atoms with E-state index < -0.39 is 21.4 Å². The first-order valence-electron chi connectivity index (χ1n) is 5.00. The van der Waals surface area contributed by atoms with Gasteiger partial charge in [0.05, 0.1) is 16.2 Å². The Morgan fingerprint density at radius 3 is 2.56 bits per heavy atom. The Hall–Kier alpha value is -1.07. The van der Waals surface area contributed by atoms with E-state index in [1.807, 2.05) is 0 Å². The van der Waals surface area contributed by atoms with Crippen molar-refractivity contribution in [1.29, 1.82) is 0 Å². The maximum atomic E-state index is 11.8. The van der Waals surface area contributed by atoms with Gasteiger partial charge in [0.15, 0.2) is 9.84 Å². The van der Waals surface area contributed by atoms with Crippen molar-refractivity contribution >= 4 is 9.84 Å². The highest BCUT2D eigenvalue weighted by Crippen LogP contribution is 2.45. The molecule has 0 saturated carbocycles. The van der Waals surface area contributed by atoms with Gasteiger partial charge in [0, 0.05) is 11.5 Å². The smallest absolute Gasteiger partial charge is 0.179 e. The molecule has 2 rings (SSSR count). The predicted octanol–water partition coefficient (Wildman–Crippen LogP) is 1.03. The summed E-state index contributed by atoms with van der Waals surface area (Å²) >= 11 is 0. The number of aromatic hydroxyl groups is 1. The van der Waals surface area contributed by atoms with E-state index in [1.165, 1.54) is 18.2 Å². The van der Waals surface area contributed by atoms with Crippen molar-refractivity contribution in [2.45, 2.75) is 30.3 Å². The zero-order valence-corrected chi connectivity index (χ0v) is 9.95. The fourth-order valence-electron chi connectivity index (χ4n) is 2.10. The number of phenolic OH excluding ortho intramolecular Hbond substituents is 1. The molecule has 0 bridgehead atoms. The molecule has 1 heterocycles. The minimum absolute atomic E-state index is 0.0642. The van der Waals surface area contributed by atoms with Crippen LogP contribution < -0.4 is 0 Å². The highest BCUT2D eigenvalue weighted by Gasteiger charge is 2.43. The number of sulfone groups is 1. The normalized spacial score (nSPS) is 23.1. The van der Waals surface area contributed by atoms with Gasteiger partial charge in [0.25, 0.3) is 0 Å². The van der Waals surface area contributed by atoms with Gasteiger partial charge in [-0.2, -0.15) is 0 Å². The lowest BCUT2D eigenvalue weighted by molar-refractivity contribution is 0.0567. The number of hydrogen-bond donors (Lipinski definition) is 2. The van der Waals surface area contributed by atoms with Crippen LogP contribution in [0.25, 0.3) is 0 Å². The second kappa shape index (κ2) is 3.21. The largest absolute Gasteiger partial charge is 0.508 e. The standard InChI is InChI=1S/C11H14O4S/c1-11(2,13)7-6-16(14,15)9-5-3-4-8(12)10(7)9/h3-5,7,12-13H,6H2,1-2H3. The molecule has 0 saturated heterocycles. The van der Waals surface area contributed by atoms with Crippen LogP contribution in [0, 0.1) is 0 Å². The second-order valence-corrected chi connectivity index (χ2v) is 6.68. The molecule has 0 aliphatic carbocycles. The van der Waals surface area contributed by atoms with E-state index in [9.17, 15) is 18.6 Å². The highest BCUT2D eigenvalue weighted by molar-refractivity contribution is 7.91. The minimum atomic E-state index is -3.38. The summed E-state index contributed by atoms with van der Waals surface area (Å²) in [5, 5.41) is 19.7. The third kappa shape index (κ3) is 1.60. The Kier molecular flexibility index (Phi) is 2.29. The van der Waals surface area contributed by atoms with Crippen LogP contribution in [0.2, 0.25) is 0 Å². The Morgan fingerprint density at radius 2 is 2.00 bits per heavy atom. The Balaban J connectivity index is 2.71. The van der Waals surface area contributed by atoms with Crippen molar-refractivity contribution in [2.75, 3.05) is 5.75 Å². The van der Waals surface area contributed by atoms with Gasteiger partial charge in [-0.3, -0.25) is 0 Å². The quantitative estimate of drug-likeness (QED) is 0.771. The van der Waals surface area contributed by atoms with Crippen LogP contribution in [0.3, 0.4) is 0 Å². The zero-order valence-electron chi connectivity index (χ0n) is 9.14. The average Bonchev–Trinajstić information content (AvgIpc) is 2.39. The van der Waals surface area contributed by atoms with Crippen LogP contribution >= 0.6 is 0 Å². The lowest BCUT2D eigenvalue weighted by Crippen LogP contribution is -2.30. The summed E-state index contributed by atoms with van der Waals surface area (Å²) in [6.07, 6.45) is 0. The summed E-state index contributed by atoms with van der Waals surface area (Å²) < 4.78 is 23.7. The molecule has 1 aromatic carbocycles. The molecule has 0 radical (unpaired) electrons. The molecule has 1 unspecified atom stereocenters. The first-order valence-corrected chi connectivity index (χ1v) is 6.66. The molecule has 0 aromatic heterocycles. The first-order chi connectivity index (χ1) is 7.23. The number of hydrogen-bond acceptors (Lipinski definition) is 4. The van der Waals surface area contributed by atoms with Gasteiger partial charge in [0.2, 0.25) is 0 Å². The number of phenols is 1. The molecule has 2 N–H and O–H groups in total. The van der Waals surface area contributed by atoms with Crippen LogP contribution in [0.15, 0.2) is 23.1 Å². The molecular formula is C11H14O4S. The number of benzene rings is 1. The van der Waals surface area contributed by atoms with E-state index in [2.05, 4.69) is 0 Å². The topological polar surface area (TPSA) is 74.6 Å². The molecule has 0 fully saturated rings. The van der Waals surface area contributed by atoms with Crippen LogP contribution in [-0.4, -0.2) is 30.0 Å². The number of aliphatic hydroxyl groups is 1. The van der Waals surface area contributed by atoms with Gasteiger partial charge in [-0.15, -0.1) is 0 Å². The van der Waals surface area contributed by atoms with Crippen LogP contribution in [-0.2, 0) is 9.84 Å². The summed E-state index contributed by atoms with van der Waals surface area (Å²) in [6, 6.07) is 4.41. The monoisotopic (exact) mass is 242 g/mol. The third-order valence-electron chi connectivity index (χ3n) is 2.97. The van der Waals surface area contributed by atoms with Crippen molar-refractivity contribution in [3.05, 3.63) is 23.8 Å². The molecule has 0 amide bonds. The van der Waals surface area contributed by atoms with E-state index in [1.54, 1.807) is 13.8 Å². The molecule has 16 heavy (non-hydrogen) atoms. The van der Waals surface area contributed by atoms with Crippen molar-refractivity contribution in [2.24, 2.45) is 0 Å². The average molecular weight is 242 g/mol. The fourth-order valence-corrected chi connectivity index (χ4v) is 4.16. The van der Waals surface area contributed by atoms with Gasteiger partial charge in [0.1, 0.15) is 5.75 Å². The molecule has 4 nitrogen and oxygen atoms in total. The van der Waals surface area contributed by atoms with E-state index >= 15 is 0 Å². The van der Waals surface area contributed by atoms with E-state index in [0.29, 0.717) is 5.56 Å². The maximum Gasteiger partial charge on any atom is 0.179 e. The second-order valence-electron chi connectivity index (χ2n) is 4.68. The Morgan fingerprint density at radius 1 is 1.38 bits per heavy atom. The summed E-state index contributed by atoms with van der Waals surface area (Å²) in [5.74, 6) is -0.789. The fraction of sp³-hybridized carbons (Fsp3) is 0.455. The van der Waals surface area contributed by atoms with Gasteiger partial charge in [-0.1, -0.05) is 6.07 Å². The molecule has 1 atom stereocenters. The van der Waals surface area contributed by atoms with Gasteiger partial charge >= 0.3 is 0 Å². The van der Waals surface area contributed by atoms with E-state index in [-0.39, 0.29) is 16.4 Å². The van der Waals surface area contributed by atoms with Gasteiger partial charge in [-0.25, -0.2) is 8.42 Å². The molecule has 0 spiro atoms. The van der Waals surface area contributed by atoms with Crippen molar-refractivity contribution in [3.63, 3.8) is 0 Å². The van der Waals surface area contributed by atoms with Crippen molar-refractivity contribution < 1.29 is 18.6 Å². The molecule has 1 aromatic rings. The third-order valence-corrected chi connectivity index (χ3v) is 4.76. The van der Waals surface area contributed by atoms with Crippen LogP contribution in [0.1, 0.15) is 25.3 Å². The van der Waals surface area contributed by atoms with Gasteiger partial charge < -0.3 is 10.2 Å². The SMILES string of the molecule is CC(C)(O)C1CS(=O)(=O)c2cccc(O)c21.